The maximum absolute atomic E-state index is 11.3. The van der Waals surface area contributed by atoms with Crippen molar-refractivity contribution in [3.05, 3.63) is 42.2 Å². The molecule has 1 aromatic carbocycles. The molecule has 0 radical (unpaired) electrons. The smallest absolute Gasteiger partial charge is 0.409 e. The van der Waals surface area contributed by atoms with Gasteiger partial charge in [-0.3, -0.25) is 0 Å². The van der Waals surface area contributed by atoms with Crippen LogP contribution in [0.1, 0.15) is 12.0 Å². The average Bonchev–Trinajstić information content (AvgIpc) is 2.65. The van der Waals surface area contributed by atoms with Crippen LogP contribution < -0.4 is 10.6 Å². The van der Waals surface area contributed by atoms with Crippen molar-refractivity contribution in [2.45, 2.75) is 13.0 Å². The highest BCUT2D eigenvalue weighted by atomic mass is 16.5. The van der Waals surface area contributed by atoms with Crippen LogP contribution in [0.15, 0.2) is 36.7 Å². The van der Waals surface area contributed by atoms with Crippen molar-refractivity contribution in [1.29, 1.82) is 0 Å². The Labute approximate surface area is 148 Å². The highest BCUT2D eigenvalue weighted by molar-refractivity contribution is 5.66. The van der Waals surface area contributed by atoms with Crippen molar-refractivity contribution in [2.75, 3.05) is 39.6 Å². The molecule has 25 heavy (non-hydrogen) atoms. The van der Waals surface area contributed by atoms with E-state index in [1.807, 2.05) is 31.6 Å². The highest BCUT2D eigenvalue weighted by Crippen LogP contribution is 2.19. The minimum atomic E-state index is -0.332. The number of ether oxygens (including phenoxy) is 1. The van der Waals surface area contributed by atoms with Gasteiger partial charge in [0.25, 0.3) is 0 Å². The number of anilines is 1. The Hall–Kier alpha value is -2.67. The number of benzene rings is 1. The van der Waals surface area contributed by atoms with Crippen LogP contribution in [0.3, 0.4) is 0 Å². The third-order valence-electron chi connectivity index (χ3n) is 3.73. The van der Waals surface area contributed by atoms with E-state index in [4.69, 9.17) is 0 Å². The lowest BCUT2D eigenvalue weighted by atomic mass is 10.1. The number of nitrogens with one attached hydrogen (secondary N) is 2. The zero-order valence-electron chi connectivity index (χ0n) is 15.0. The van der Waals surface area contributed by atoms with E-state index in [1.165, 1.54) is 17.6 Å². The summed E-state index contributed by atoms with van der Waals surface area (Å²) < 4.78 is 4.64. The van der Waals surface area contributed by atoms with E-state index in [9.17, 15) is 4.79 Å². The average molecular weight is 343 g/mol. The van der Waals surface area contributed by atoms with Crippen molar-refractivity contribution in [3.63, 3.8) is 0 Å². The molecule has 134 valence electrons. The number of nitrogens with zero attached hydrogens (tertiary/aromatic N) is 3. The zero-order valence-corrected chi connectivity index (χ0v) is 15.0. The van der Waals surface area contributed by atoms with E-state index in [0.717, 1.165) is 24.1 Å². The van der Waals surface area contributed by atoms with E-state index < -0.39 is 0 Å². The lowest BCUT2D eigenvalue weighted by molar-refractivity contribution is 0.133. The topological polar surface area (TPSA) is 79.4 Å². The fourth-order valence-corrected chi connectivity index (χ4v) is 2.40. The molecule has 1 amide bonds. The first-order valence-corrected chi connectivity index (χ1v) is 8.23. The maximum Gasteiger partial charge on any atom is 0.409 e. The molecule has 1 heterocycles. The van der Waals surface area contributed by atoms with Crippen molar-refractivity contribution < 1.29 is 9.53 Å². The number of rotatable bonds is 8. The Morgan fingerprint density at radius 3 is 2.68 bits per heavy atom. The minimum absolute atomic E-state index is 0.332. The van der Waals surface area contributed by atoms with Gasteiger partial charge in [-0.1, -0.05) is 18.2 Å². The zero-order chi connectivity index (χ0) is 18.1. The van der Waals surface area contributed by atoms with Gasteiger partial charge in [0, 0.05) is 44.6 Å². The Morgan fingerprint density at radius 2 is 2.00 bits per heavy atom. The van der Waals surface area contributed by atoms with Gasteiger partial charge in [0.05, 0.1) is 7.11 Å². The molecule has 0 saturated heterocycles. The van der Waals surface area contributed by atoms with Gasteiger partial charge in [-0.15, -0.1) is 0 Å². The number of aromatic nitrogens is 2. The summed E-state index contributed by atoms with van der Waals surface area (Å²) >= 11 is 0. The molecule has 0 saturated carbocycles. The molecule has 0 atom stereocenters. The first kappa shape index (κ1) is 18.7. The Kier molecular flexibility index (Phi) is 7.16. The SMILES string of the molecule is CNCc1cccc(-c2cnc(NCCCN(C)C(=O)OC)nc2)c1. The first-order chi connectivity index (χ1) is 12.1. The molecule has 0 bridgehead atoms. The molecular formula is C18H25N5O2. The second kappa shape index (κ2) is 9.58. The predicted molar refractivity (Wildman–Crippen MR) is 98.4 cm³/mol. The van der Waals surface area contributed by atoms with Gasteiger partial charge in [0.2, 0.25) is 5.95 Å². The summed E-state index contributed by atoms with van der Waals surface area (Å²) in [5.41, 5.74) is 3.30. The van der Waals surface area contributed by atoms with Crippen LogP contribution in [0.25, 0.3) is 11.1 Å². The molecule has 2 N–H and O–H groups in total. The molecule has 2 rings (SSSR count). The molecule has 2 aromatic rings. The van der Waals surface area contributed by atoms with Gasteiger partial charge in [0.15, 0.2) is 0 Å². The third-order valence-corrected chi connectivity index (χ3v) is 3.73. The number of hydrogen-bond donors (Lipinski definition) is 2. The molecule has 0 aliphatic carbocycles. The third kappa shape index (κ3) is 5.72. The lowest BCUT2D eigenvalue weighted by Gasteiger charge is -2.15. The maximum atomic E-state index is 11.3. The monoisotopic (exact) mass is 343 g/mol. The molecule has 0 aliphatic heterocycles. The summed E-state index contributed by atoms with van der Waals surface area (Å²) in [6, 6.07) is 8.30. The van der Waals surface area contributed by atoms with Crippen LogP contribution in [0.2, 0.25) is 0 Å². The van der Waals surface area contributed by atoms with Crippen molar-refractivity contribution >= 4 is 12.0 Å². The number of methoxy groups -OCH3 is 1. The normalized spacial score (nSPS) is 10.4. The molecule has 0 fully saturated rings. The standard InChI is InChI=1S/C18H25N5O2/c1-19-11-14-6-4-7-15(10-14)16-12-21-17(22-13-16)20-8-5-9-23(2)18(24)25-3/h4,6-7,10,12-13,19H,5,8-9,11H2,1-3H3,(H,20,21,22). The largest absolute Gasteiger partial charge is 0.453 e. The number of hydrogen-bond acceptors (Lipinski definition) is 6. The summed E-state index contributed by atoms with van der Waals surface area (Å²) in [5.74, 6) is 0.579. The van der Waals surface area contributed by atoms with Crippen LogP contribution >= 0.6 is 0 Å². The van der Waals surface area contributed by atoms with Crippen molar-refractivity contribution in [3.8, 4) is 11.1 Å². The van der Waals surface area contributed by atoms with Crippen LogP contribution in [0.5, 0.6) is 0 Å². The summed E-state index contributed by atoms with van der Waals surface area (Å²) in [6.45, 7) is 2.11. The van der Waals surface area contributed by atoms with Crippen molar-refractivity contribution in [2.24, 2.45) is 0 Å². The summed E-state index contributed by atoms with van der Waals surface area (Å²) in [4.78, 5) is 21.5. The van der Waals surface area contributed by atoms with Gasteiger partial charge in [0.1, 0.15) is 0 Å². The van der Waals surface area contributed by atoms with Gasteiger partial charge in [-0.2, -0.15) is 0 Å². The highest BCUT2D eigenvalue weighted by Gasteiger charge is 2.07. The van der Waals surface area contributed by atoms with E-state index in [0.29, 0.717) is 19.0 Å². The van der Waals surface area contributed by atoms with Gasteiger partial charge in [-0.25, -0.2) is 14.8 Å². The fraction of sp³-hybridized carbons (Fsp3) is 0.389. The Balaban J connectivity index is 1.85. The summed E-state index contributed by atoms with van der Waals surface area (Å²) in [5, 5.41) is 6.30. The molecule has 0 spiro atoms. The molecule has 1 aromatic heterocycles. The van der Waals surface area contributed by atoms with E-state index in [2.05, 4.69) is 37.5 Å². The minimum Gasteiger partial charge on any atom is -0.453 e. The molecule has 0 unspecified atom stereocenters. The van der Waals surface area contributed by atoms with Gasteiger partial charge >= 0.3 is 6.09 Å². The quantitative estimate of drug-likeness (QED) is 0.717. The van der Waals surface area contributed by atoms with E-state index >= 15 is 0 Å². The second-order valence-electron chi connectivity index (χ2n) is 5.70. The van der Waals surface area contributed by atoms with Crippen molar-refractivity contribution in [1.82, 2.24) is 20.2 Å². The summed E-state index contributed by atoms with van der Waals surface area (Å²) in [6.07, 6.45) is 4.08. The summed E-state index contributed by atoms with van der Waals surface area (Å²) in [7, 11) is 5.01. The number of carbonyl (C=O) groups is 1. The molecule has 7 nitrogen and oxygen atoms in total. The number of amides is 1. The van der Waals surface area contributed by atoms with E-state index in [-0.39, 0.29) is 6.09 Å². The van der Waals surface area contributed by atoms with Crippen LogP contribution in [0.4, 0.5) is 10.7 Å². The van der Waals surface area contributed by atoms with Crippen LogP contribution in [0, 0.1) is 0 Å². The number of carbonyl (C=O) groups excluding carboxylic acids is 1. The van der Waals surface area contributed by atoms with E-state index in [1.54, 1.807) is 7.05 Å². The fourth-order valence-electron chi connectivity index (χ4n) is 2.40. The Morgan fingerprint density at radius 1 is 1.24 bits per heavy atom. The van der Waals surface area contributed by atoms with Gasteiger partial charge in [-0.05, 0) is 30.7 Å². The first-order valence-electron chi connectivity index (χ1n) is 8.23. The molecule has 7 heteroatoms. The lowest BCUT2D eigenvalue weighted by Crippen LogP contribution is -2.28. The van der Waals surface area contributed by atoms with Gasteiger partial charge < -0.3 is 20.3 Å². The van der Waals surface area contributed by atoms with Crippen LogP contribution in [-0.2, 0) is 11.3 Å². The Bertz CT molecular complexity index is 675. The molecule has 0 aliphatic rings. The predicted octanol–water partition coefficient (Wildman–Crippen LogP) is 2.36. The second-order valence-corrected chi connectivity index (χ2v) is 5.70. The van der Waals surface area contributed by atoms with Crippen LogP contribution in [-0.4, -0.2) is 55.3 Å². The molecular weight excluding hydrogens is 318 g/mol.